The molecule has 0 aromatic carbocycles. The van der Waals surface area contributed by atoms with Gasteiger partial charge >= 0.3 is 31.2 Å². The van der Waals surface area contributed by atoms with Crippen LogP contribution in [0.1, 0.15) is 142 Å². The lowest BCUT2D eigenvalue weighted by atomic mass is 10.1. The molecule has 0 unspecified atom stereocenters. The van der Waals surface area contributed by atoms with Crippen LogP contribution in [0.15, 0.2) is 0 Å². The van der Waals surface area contributed by atoms with Crippen LogP contribution in [-0.2, 0) is 48.1 Å². The minimum absolute atomic E-state index is 0.149. The van der Waals surface area contributed by atoms with E-state index in [9.17, 15) is 16.8 Å². The molecule has 0 amide bonds. The monoisotopic (exact) mass is 660 g/mol. The predicted molar refractivity (Wildman–Crippen MR) is 158 cm³/mol. The molecule has 0 fully saturated rings. The molecule has 0 aliphatic carbocycles. The van der Waals surface area contributed by atoms with E-state index in [2.05, 4.69) is 42.6 Å². The predicted octanol–water partition coefficient (Wildman–Crippen LogP) is 5.47. The minimum Gasteiger partial charge on any atom is -0.264 e. The van der Waals surface area contributed by atoms with Crippen molar-refractivity contribution < 1.29 is 51.3 Å². The van der Waals surface area contributed by atoms with Gasteiger partial charge in [0.2, 0.25) is 0 Å². The molecule has 0 spiro atoms. The van der Waals surface area contributed by atoms with Crippen molar-refractivity contribution in [1.29, 1.82) is 0 Å². The zero-order chi connectivity index (χ0) is 31.9. The quantitative estimate of drug-likeness (QED) is 0.0512. The summed E-state index contributed by atoms with van der Waals surface area (Å²) in [7, 11) is -12.6. The summed E-state index contributed by atoms with van der Waals surface area (Å²) in [5, 5.41) is 0. The van der Waals surface area contributed by atoms with Gasteiger partial charge < -0.3 is 0 Å². The molecule has 0 rings (SSSR count). The van der Waals surface area contributed by atoms with Crippen molar-refractivity contribution in [2.75, 3.05) is 13.2 Å². The Hall–Kier alpha value is -0.470. The standard InChI is InChI=1S/2C12H27NO4S.H2O4S/c2*1-2-3-4-5-6-7-8-9-10-11-12-16-18(14,15)17-13;1-5(2,3)4/h2*2-13H2,1H3;(H2,1,2,3,4). The highest BCUT2D eigenvalue weighted by molar-refractivity contribution is 7.82. The van der Waals surface area contributed by atoms with Crippen LogP contribution in [-0.4, -0.2) is 47.6 Å². The van der Waals surface area contributed by atoms with E-state index in [4.69, 9.17) is 17.5 Å². The van der Waals surface area contributed by atoms with E-state index in [-0.39, 0.29) is 13.2 Å². The molecule has 41 heavy (non-hydrogen) atoms. The zero-order valence-electron chi connectivity index (χ0n) is 24.9. The third-order valence-electron chi connectivity index (χ3n) is 5.69. The van der Waals surface area contributed by atoms with Gasteiger partial charge in [0, 0.05) is 0 Å². The molecule has 6 N–H and O–H groups in total. The van der Waals surface area contributed by atoms with E-state index in [0.29, 0.717) is 0 Å². The third-order valence-corrected chi connectivity index (χ3v) is 7.07. The first kappa shape index (κ1) is 45.0. The van der Waals surface area contributed by atoms with Gasteiger partial charge in [0.1, 0.15) is 0 Å². The summed E-state index contributed by atoms with van der Waals surface area (Å²) in [5.41, 5.74) is 0. The Morgan fingerprint density at radius 1 is 0.439 bits per heavy atom. The molecule has 0 radical (unpaired) electrons. The minimum atomic E-state index is -4.67. The highest BCUT2D eigenvalue weighted by Gasteiger charge is 2.09. The molecule has 0 saturated heterocycles. The summed E-state index contributed by atoms with van der Waals surface area (Å²) in [5.74, 6) is 9.05. The lowest BCUT2D eigenvalue weighted by Gasteiger charge is -2.03. The van der Waals surface area contributed by atoms with Crippen LogP contribution in [0, 0.1) is 0 Å². The Bertz CT molecular complexity index is 791. The molecule has 0 aliphatic rings. The van der Waals surface area contributed by atoms with Crippen LogP contribution in [0.5, 0.6) is 0 Å². The summed E-state index contributed by atoms with van der Waals surface area (Å²) in [6.45, 7) is 4.74. The van der Waals surface area contributed by atoms with E-state index in [1.807, 2.05) is 0 Å². The van der Waals surface area contributed by atoms with Gasteiger partial charge in [0.15, 0.2) is 0 Å². The molecule has 252 valence electrons. The molecule has 14 nitrogen and oxygen atoms in total. The Balaban J connectivity index is -0.000000604. The molecule has 17 heteroatoms. The molecule has 0 aliphatic heterocycles. The summed E-state index contributed by atoms with van der Waals surface area (Å²) in [6, 6.07) is 0. The van der Waals surface area contributed by atoms with Gasteiger partial charge in [-0.15, -0.1) is 0 Å². The topological polar surface area (TPSA) is 232 Å². The highest BCUT2D eigenvalue weighted by Crippen LogP contribution is 2.12. The van der Waals surface area contributed by atoms with Crippen molar-refractivity contribution in [2.24, 2.45) is 11.8 Å². The van der Waals surface area contributed by atoms with Crippen molar-refractivity contribution in [3.05, 3.63) is 0 Å². The number of rotatable bonds is 26. The Morgan fingerprint density at radius 3 is 0.829 bits per heavy atom. The van der Waals surface area contributed by atoms with E-state index in [0.717, 1.165) is 38.5 Å². The van der Waals surface area contributed by atoms with Crippen LogP contribution in [0.25, 0.3) is 0 Å². The van der Waals surface area contributed by atoms with Crippen LogP contribution in [0.3, 0.4) is 0 Å². The van der Waals surface area contributed by atoms with Crippen molar-refractivity contribution in [1.82, 2.24) is 0 Å². The van der Waals surface area contributed by atoms with Crippen LogP contribution in [0.2, 0.25) is 0 Å². The second kappa shape index (κ2) is 31.0. The van der Waals surface area contributed by atoms with Crippen LogP contribution in [0.4, 0.5) is 0 Å². The largest absolute Gasteiger partial charge is 0.415 e. The Kier molecular flexibility index (Phi) is 34.0. The number of hydrogen-bond acceptors (Lipinski definition) is 12. The van der Waals surface area contributed by atoms with Gasteiger partial charge in [0.05, 0.1) is 13.2 Å². The molecule has 0 aromatic heterocycles. The van der Waals surface area contributed by atoms with Crippen molar-refractivity contribution in [2.45, 2.75) is 142 Å². The van der Waals surface area contributed by atoms with Crippen molar-refractivity contribution >= 4 is 31.2 Å². The van der Waals surface area contributed by atoms with E-state index in [1.165, 1.54) is 89.9 Å². The van der Waals surface area contributed by atoms with Gasteiger partial charge in [-0.05, 0) is 12.8 Å². The van der Waals surface area contributed by atoms with Crippen LogP contribution >= 0.6 is 0 Å². The average Bonchev–Trinajstić information content (AvgIpc) is 2.90. The molecule has 0 bridgehead atoms. The first-order valence-corrected chi connectivity index (χ1v) is 18.6. The van der Waals surface area contributed by atoms with Crippen LogP contribution < -0.4 is 11.8 Å². The first-order chi connectivity index (χ1) is 19.2. The Morgan fingerprint density at radius 2 is 0.634 bits per heavy atom. The Labute approximate surface area is 249 Å². The lowest BCUT2D eigenvalue weighted by molar-refractivity contribution is 0.213. The summed E-state index contributed by atoms with van der Waals surface area (Å²) < 4.78 is 90.7. The van der Waals surface area contributed by atoms with Gasteiger partial charge in [-0.1, -0.05) is 129 Å². The number of nitrogens with two attached hydrogens (primary N) is 2. The lowest BCUT2D eigenvalue weighted by Crippen LogP contribution is -2.14. The fourth-order valence-electron chi connectivity index (χ4n) is 3.56. The summed E-state index contributed by atoms with van der Waals surface area (Å²) in [4.78, 5) is 0. The highest BCUT2D eigenvalue weighted by atomic mass is 32.3. The fourth-order valence-corrected chi connectivity index (χ4v) is 4.31. The summed E-state index contributed by atoms with van der Waals surface area (Å²) >= 11 is 0. The van der Waals surface area contributed by atoms with Gasteiger partial charge in [-0.2, -0.15) is 45.6 Å². The SMILES string of the molecule is CCCCCCCCCCCCOS(=O)(=O)ON.CCCCCCCCCCCCOS(=O)(=O)ON.O=S(=O)(O)O. The molecule has 0 atom stereocenters. The molecular weight excluding hydrogens is 604 g/mol. The molecule has 0 saturated carbocycles. The molecule has 0 heterocycles. The van der Waals surface area contributed by atoms with E-state index >= 15 is 0 Å². The van der Waals surface area contributed by atoms with Gasteiger partial charge in [-0.25, -0.2) is 8.37 Å². The molecular formula is C24H56N2O12S3. The summed E-state index contributed by atoms with van der Waals surface area (Å²) in [6.07, 6.45) is 23.9. The number of unbranched alkanes of at least 4 members (excludes halogenated alkanes) is 18. The van der Waals surface area contributed by atoms with E-state index < -0.39 is 31.2 Å². The van der Waals surface area contributed by atoms with Crippen molar-refractivity contribution in [3.63, 3.8) is 0 Å². The second-order valence-corrected chi connectivity index (χ2v) is 12.8. The average molecular weight is 661 g/mol. The second-order valence-electron chi connectivity index (χ2n) is 9.46. The zero-order valence-corrected chi connectivity index (χ0v) is 27.4. The number of hydrogen-bond donors (Lipinski definition) is 4. The fraction of sp³-hybridized carbons (Fsp3) is 1.00. The smallest absolute Gasteiger partial charge is 0.264 e. The van der Waals surface area contributed by atoms with E-state index in [1.54, 1.807) is 0 Å². The first-order valence-electron chi connectivity index (χ1n) is 14.5. The van der Waals surface area contributed by atoms with Crippen molar-refractivity contribution in [3.8, 4) is 0 Å². The maximum absolute atomic E-state index is 10.7. The normalized spacial score (nSPS) is 11.9. The maximum atomic E-state index is 10.7. The third kappa shape index (κ3) is 49.5. The van der Waals surface area contributed by atoms with Gasteiger partial charge in [0.25, 0.3) is 0 Å². The maximum Gasteiger partial charge on any atom is 0.415 e. The van der Waals surface area contributed by atoms with Gasteiger partial charge in [-0.3, -0.25) is 9.11 Å². The molecule has 0 aromatic rings.